The van der Waals surface area contributed by atoms with Gasteiger partial charge in [0.05, 0.1) is 5.56 Å². The summed E-state index contributed by atoms with van der Waals surface area (Å²) in [4.78, 5) is 24.4. The van der Waals surface area contributed by atoms with E-state index in [1.165, 1.54) is 12.1 Å². The third-order valence-electron chi connectivity index (χ3n) is 3.58. The van der Waals surface area contributed by atoms with Gasteiger partial charge < -0.3 is 16.0 Å². The predicted molar refractivity (Wildman–Crippen MR) is 108 cm³/mol. The zero-order chi connectivity index (χ0) is 19.2. The molecule has 3 N–H and O–H groups in total. The molecule has 136 valence electrons. The molecule has 0 saturated heterocycles. The second kappa shape index (κ2) is 8.46. The second-order valence-electron chi connectivity index (χ2n) is 5.60. The van der Waals surface area contributed by atoms with Crippen LogP contribution in [0, 0.1) is 5.82 Å². The molecule has 3 rings (SSSR count). The van der Waals surface area contributed by atoms with Crippen molar-refractivity contribution < 1.29 is 14.0 Å². The molecule has 0 aliphatic rings. The van der Waals surface area contributed by atoms with Gasteiger partial charge in [-0.05, 0) is 64.5 Å². The molecule has 27 heavy (non-hydrogen) atoms. The normalized spacial score (nSPS) is 10.1. The molecule has 0 aliphatic heterocycles. The van der Waals surface area contributed by atoms with E-state index in [1.807, 2.05) is 18.2 Å². The van der Waals surface area contributed by atoms with Gasteiger partial charge in [0.1, 0.15) is 5.82 Å². The Kier molecular flexibility index (Phi) is 5.83. The number of carbonyl (C=O) groups excluding carboxylic acids is 2. The first-order chi connectivity index (χ1) is 13.0. The van der Waals surface area contributed by atoms with E-state index >= 15 is 0 Å². The van der Waals surface area contributed by atoms with Crippen LogP contribution in [-0.4, -0.2) is 11.9 Å². The van der Waals surface area contributed by atoms with Crippen molar-refractivity contribution >= 4 is 44.9 Å². The summed E-state index contributed by atoms with van der Waals surface area (Å²) in [6.45, 7) is 0. The maximum absolute atomic E-state index is 13.4. The molecule has 0 aromatic heterocycles. The molecule has 0 spiro atoms. The molecule has 3 aromatic rings. The Bertz CT molecular complexity index is 980. The van der Waals surface area contributed by atoms with Gasteiger partial charge in [0.25, 0.3) is 5.91 Å². The summed E-state index contributed by atoms with van der Waals surface area (Å²) in [7, 11) is 0. The molecule has 0 atom stereocenters. The third kappa shape index (κ3) is 5.15. The van der Waals surface area contributed by atoms with Crippen LogP contribution < -0.4 is 16.0 Å². The van der Waals surface area contributed by atoms with E-state index in [1.54, 1.807) is 36.4 Å². The Labute approximate surface area is 163 Å². The van der Waals surface area contributed by atoms with Crippen LogP contribution in [-0.2, 0) is 0 Å². The number of hydrogen-bond acceptors (Lipinski definition) is 2. The van der Waals surface area contributed by atoms with Crippen LogP contribution in [0.1, 0.15) is 10.4 Å². The number of halogens is 2. The largest absolute Gasteiger partial charge is 0.323 e. The van der Waals surface area contributed by atoms with Crippen LogP contribution in [0.2, 0.25) is 0 Å². The number of carbonyl (C=O) groups is 2. The summed E-state index contributed by atoms with van der Waals surface area (Å²) in [5.74, 6) is -0.969. The van der Waals surface area contributed by atoms with Crippen LogP contribution in [0.25, 0.3) is 0 Å². The van der Waals surface area contributed by atoms with Gasteiger partial charge in [0.15, 0.2) is 0 Å². The number of nitrogens with one attached hydrogen (secondary N) is 3. The molecule has 5 nitrogen and oxygen atoms in total. The number of benzene rings is 3. The van der Waals surface area contributed by atoms with Gasteiger partial charge in [-0.3, -0.25) is 4.79 Å². The molecule has 7 heteroatoms. The maximum atomic E-state index is 13.4. The molecule has 0 saturated carbocycles. The number of anilines is 3. The summed E-state index contributed by atoms with van der Waals surface area (Å²) in [5.41, 5.74) is 1.80. The number of amides is 3. The van der Waals surface area contributed by atoms with Crippen molar-refractivity contribution in [3.8, 4) is 0 Å². The van der Waals surface area contributed by atoms with Crippen LogP contribution >= 0.6 is 15.9 Å². The lowest BCUT2D eigenvalue weighted by Crippen LogP contribution is -2.19. The van der Waals surface area contributed by atoms with Crippen molar-refractivity contribution in [2.75, 3.05) is 16.0 Å². The Balaban J connectivity index is 1.67. The maximum Gasteiger partial charge on any atom is 0.323 e. The minimum absolute atomic E-state index is 0.176. The standard InChI is InChI=1S/C20H15BrFN3O2/c21-18-10-9-13(22)11-17(18)19(26)23-15-7-4-8-16(12-15)25-20(27)24-14-5-2-1-3-6-14/h1-12H,(H,23,26)(H2,24,25,27). The molecule has 0 aliphatic carbocycles. The SMILES string of the molecule is O=C(Nc1ccccc1)Nc1cccc(NC(=O)c2cc(F)ccc2Br)c1. The molecule has 3 aromatic carbocycles. The average molecular weight is 428 g/mol. The highest BCUT2D eigenvalue weighted by Gasteiger charge is 2.12. The Hall–Kier alpha value is -3.19. The highest BCUT2D eigenvalue weighted by Crippen LogP contribution is 2.21. The predicted octanol–water partition coefficient (Wildman–Crippen LogP) is 5.48. The Morgan fingerprint density at radius 2 is 1.37 bits per heavy atom. The van der Waals surface area contributed by atoms with Crippen molar-refractivity contribution in [1.82, 2.24) is 0 Å². The minimum Gasteiger partial charge on any atom is -0.322 e. The van der Waals surface area contributed by atoms with Gasteiger partial charge >= 0.3 is 6.03 Å². The van der Waals surface area contributed by atoms with Gasteiger partial charge in [-0.1, -0.05) is 24.3 Å². The van der Waals surface area contributed by atoms with Crippen molar-refractivity contribution in [2.24, 2.45) is 0 Å². The van der Waals surface area contributed by atoms with E-state index in [-0.39, 0.29) is 5.56 Å². The van der Waals surface area contributed by atoms with E-state index in [0.717, 1.165) is 6.07 Å². The molecular formula is C20H15BrFN3O2. The number of hydrogen-bond donors (Lipinski definition) is 3. The van der Waals surface area contributed by atoms with Crippen LogP contribution in [0.3, 0.4) is 0 Å². The van der Waals surface area contributed by atoms with Crippen molar-refractivity contribution in [1.29, 1.82) is 0 Å². The highest BCUT2D eigenvalue weighted by molar-refractivity contribution is 9.10. The zero-order valence-electron chi connectivity index (χ0n) is 14.0. The van der Waals surface area contributed by atoms with Gasteiger partial charge in [0, 0.05) is 21.5 Å². The summed E-state index contributed by atoms with van der Waals surface area (Å²) in [6.07, 6.45) is 0. The average Bonchev–Trinajstić information content (AvgIpc) is 2.64. The smallest absolute Gasteiger partial charge is 0.322 e. The molecular weight excluding hydrogens is 413 g/mol. The number of para-hydroxylation sites is 1. The molecule has 0 heterocycles. The van der Waals surface area contributed by atoms with E-state index in [0.29, 0.717) is 21.5 Å². The van der Waals surface area contributed by atoms with E-state index in [4.69, 9.17) is 0 Å². The van der Waals surface area contributed by atoms with E-state index in [9.17, 15) is 14.0 Å². The van der Waals surface area contributed by atoms with Gasteiger partial charge in [-0.25, -0.2) is 9.18 Å². The third-order valence-corrected chi connectivity index (χ3v) is 4.27. The number of rotatable bonds is 4. The van der Waals surface area contributed by atoms with Crippen molar-refractivity contribution in [3.05, 3.63) is 88.6 Å². The molecule has 0 bridgehead atoms. The van der Waals surface area contributed by atoms with Gasteiger partial charge in [0.2, 0.25) is 0 Å². The van der Waals surface area contributed by atoms with Crippen LogP contribution in [0.4, 0.5) is 26.2 Å². The summed E-state index contributed by atoms with van der Waals surface area (Å²) < 4.78 is 13.9. The zero-order valence-corrected chi connectivity index (χ0v) is 15.6. The first kappa shape index (κ1) is 18.6. The van der Waals surface area contributed by atoms with Gasteiger partial charge in [-0.2, -0.15) is 0 Å². The fourth-order valence-corrected chi connectivity index (χ4v) is 2.79. The van der Waals surface area contributed by atoms with Crippen LogP contribution in [0.15, 0.2) is 77.3 Å². The number of urea groups is 1. The fourth-order valence-electron chi connectivity index (χ4n) is 2.36. The summed E-state index contributed by atoms with van der Waals surface area (Å²) in [6, 6.07) is 19.2. The van der Waals surface area contributed by atoms with Crippen molar-refractivity contribution in [3.63, 3.8) is 0 Å². The first-order valence-corrected chi connectivity index (χ1v) is 8.80. The quantitative estimate of drug-likeness (QED) is 0.515. The first-order valence-electron chi connectivity index (χ1n) is 8.01. The Morgan fingerprint density at radius 1 is 0.741 bits per heavy atom. The van der Waals surface area contributed by atoms with Crippen LogP contribution in [0.5, 0.6) is 0 Å². The minimum atomic E-state index is -0.503. The fraction of sp³-hybridized carbons (Fsp3) is 0. The van der Waals surface area contributed by atoms with Crippen molar-refractivity contribution in [2.45, 2.75) is 0 Å². The van der Waals surface area contributed by atoms with E-state index in [2.05, 4.69) is 31.9 Å². The lowest BCUT2D eigenvalue weighted by atomic mass is 10.2. The lowest BCUT2D eigenvalue weighted by molar-refractivity contribution is 0.102. The molecule has 0 unspecified atom stereocenters. The summed E-state index contributed by atoms with van der Waals surface area (Å²) >= 11 is 3.23. The molecule has 0 radical (unpaired) electrons. The lowest BCUT2D eigenvalue weighted by Gasteiger charge is -2.10. The molecule has 3 amide bonds. The second-order valence-corrected chi connectivity index (χ2v) is 6.46. The molecule has 0 fully saturated rings. The monoisotopic (exact) mass is 427 g/mol. The highest BCUT2D eigenvalue weighted by atomic mass is 79.9. The van der Waals surface area contributed by atoms with E-state index < -0.39 is 17.8 Å². The van der Waals surface area contributed by atoms with Gasteiger partial charge in [-0.15, -0.1) is 0 Å². The summed E-state index contributed by atoms with van der Waals surface area (Å²) in [5, 5.41) is 8.08. The topological polar surface area (TPSA) is 70.2 Å². The Morgan fingerprint density at radius 3 is 2.11 bits per heavy atom.